The van der Waals surface area contributed by atoms with Crippen LogP contribution in [-0.2, 0) is 10.0 Å². The van der Waals surface area contributed by atoms with Crippen molar-refractivity contribution in [3.63, 3.8) is 0 Å². The zero-order valence-corrected chi connectivity index (χ0v) is 21.7. The van der Waals surface area contributed by atoms with E-state index in [4.69, 9.17) is 0 Å². The molecule has 0 aliphatic carbocycles. The molecule has 9 nitrogen and oxygen atoms in total. The first-order valence-corrected chi connectivity index (χ1v) is 14.1. The molecule has 0 radical (unpaired) electrons. The van der Waals surface area contributed by atoms with Gasteiger partial charge in [-0.05, 0) is 60.2 Å². The fourth-order valence-corrected chi connectivity index (χ4v) is 6.06. The highest BCUT2D eigenvalue weighted by Gasteiger charge is 2.23. The summed E-state index contributed by atoms with van der Waals surface area (Å²) in [4.78, 5) is 35.7. The lowest BCUT2D eigenvalue weighted by atomic mass is 10.2. The van der Waals surface area contributed by atoms with E-state index in [0.29, 0.717) is 21.5 Å². The molecule has 186 valence electrons. The number of hydrogen-bond acceptors (Lipinski definition) is 8. The molecule has 1 amide bonds. The summed E-state index contributed by atoms with van der Waals surface area (Å²) in [6, 6.07) is 14.9. The molecule has 0 atom stereocenters. The Balaban J connectivity index is 1.52. The first-order valence-electron chi connectivity index (χ1n) is 10.9. The van der Waals surface area contributed by atoms with Crippen LogP contribution in [0.25, 0.3) is 17.0 Å². The zero-order valence-electron chi connectivity index (χ0n) is 19.3. The molecule has 1 aromatic carbocycles. The van der Waals surface area contributed by atoms with Gasteiger partial charge in [-0.3, -0.25) is 14.2 Å². The number of carbonyl (C=O) groups excluding carboxylic acids is 2. The van der Waals surface area contributed by atoms with Gasteiger partial charge in [-0.15, -0.1) is 22.7 Å². The van der Waals surface area contributed by atoms with Crippen LogP contribution in [0.5, 0.6) is 0 Å². The predicted molar refractivity (Wildman–Crippen MR) is 144 cm³/mol. The van der Waals surface area contributed by atoms with Crippen molar-refractivity contribution in [2.75, 3.05) is 4.72 Å². The second-order valence-electron chi connectivity index (χ2n) is 7.81. The number of thiophene rings is 2. The number of aromatic nitrogens is 3. The van der Waals surface area contributed by atoms with Crippen LogP contribution in [0, 0.1) is 6.92 Å². The van der Waals surface area contributed by atoms with E-state index in [0.717, 1.165) is 4.88 Å². The van der Waals surface area contributed by atoms with Gasteiger partial charge in [0.15, 0.2) is 0 Å². The molecule has 37 heavy (non-hydrogen) atoms. The number of allylic oxidation sites excluding steroid dienone is 1. The number of nitrogens with one attached hydrogen (secondary N) is 2. The van der Waals surface area contributed by atoms with E-state index in [2.05, 4.69) is 20.0 Å². The highest BCUT2D eigenvalue weighted by atomic mass is 32.2. The summed E-state index contributed by atoms with van der Waals surface area (Å²) in [5, 5.41) is 6.68. The minimum Gasteiger partial charge on any atom is -0.317 e. The van der Waals surface area contributed by atoms with E-state index < -0.39 is 21.8 Å². The third-order valence-electron chi connectivity index (χ3n) is 5.28. The highest BCUT2D eigenvalue weighted by Crippen LogP contribution is 2.26. The maximum atomic E-state index is 13.6. The van der Waals surface area contributed by atoms with Gasteiger partial charge in [0.25, 0.3) is 21.8 Å². The van der Waals surface area contributed by atoms with Crippen LogP contribution >= 0.6 is 22.7 Å². The number of hydrogen-bond donors (Lipinski definition) is 2. The van der Waals surface area contributed by atoms with Gasteiger partial charge in [0.1, 0.15) is 5.70 Å². The largest absolute Gasteiger partial charge is 0.317 e. The maximum Gasteiger partial charge on any atom is 0.278 e. The molecule has 0 unspecified atom stereocenters. The van der Waals surface area contributed by atoms with E-state index in [9.17, 15) is 18.0 Å². The van der Waals surface area contributed by atoms with Gasteiger partial charge in [0, 0.05) is 28.4 Å². The summed E-state index contributed by atoms with van der Waals surface area (Å²) < 4.78 is 30.1. The lowest BCUT2D eigenvalue weighted by molar-refractivity contribution is 0.0905. The smallest absolute Gasteiger partial charge is 0.278 e. The molecule has 0 bridgehead atoms. The van der Waals surface area contributed by atoms with Gasteiger partial charge in [0.2, 0.25) is 5.95 Å². The minimum atomic E-state index is -4.06. The van der Waals surface area contributed by atoms with Crippen molar-refractivity contribution in [2.45, 2.75) is 11.8 Å². The third kappa shape index (κ3) is 5.21. The summed E-state index contributed by atoms with van der Waals surface area (Å²) in [6.45, 7) is 1.73. The Labute approximate surface area is 220 Å². The van der Waals surface area contributed by atoms with Crippen LogP contribution in [0.2, 0.25) is 0 Å². The Bertz CT molecular complexity index is 1740. The topological polar surface area (TPSA) is 123 Å². The van der Waals surface area contributed by atoms with Gasteiger partial charge in [-0.25, -0.2) is 23.1 Å². The van der Waals surface area contributed by atoms with Gasteiger partial charge >= 0.3 is 0 Å². The molecular weight excluding hydrogens is 531 g/mol. The second-order valence-corrected chi connectivity index (χ2v) is 11.4. The Morgan fingerprint density at radius 2 is 1.81 bits per heavy atom. The van der Waals surface area contributed by atoms with Gasteiger partial charge in [-0.1, -0.05) is 18.2 Å². The van der Waals surface area contributed by atoms with Crippen molar-refractivity contribution < 1.29 is 18.0 Å². The number of carbonyl (C=O) groups is 2. The highest BCUT2D eigenvalue weighted by molar-refractivity contribution is 7.93. The number of anilines is 1. The fraction of sp³-hybridized carbons (Fsp3) is 0.0400. The molecule has 4 heterocycles. The lowest BCUT2D eigenvalue weighted by Gasteiger charge is -2.11. The number of benzene rings is 1. The van der Waals surface area contributed by atoms with E-state index in [-0.39, 0.29) is 16.5 Å². The van der Waals surface area contributed by atoms with Crippen LogP contribution in [0.4, 0.5) is 5.95 Å². The fourth-order valence-electron chi connectivity index (χ4n) is 3.61. The van der Waals surface area contributed by atoms with Crippen molar-refractivity contribution in [1.82, 2.24) is 19.9 Å². The lowest BCUT2D eigenvalue weighted by Crippen LogP contribution is -2.29. The Hall–Kier alpha value is -4.13. The van der Waals surface area contributed by atoms with Gasteiger partial charge in [-0.2, -0.15) is 0 Å². The molecule has 0 spiro atoms. The van der Waals surface area contributed by atoms with E-state index in [1.165, 1.54) is 45.7 Å². The number of nitrogens with zero attached hydrogens (tertiary/aromatic N) is 3. The van der Waals surface area contributed by atoms with E-state index >= 15 is 0 Å². The van der Waals surface area contributed by atoms with Crippen LogP contribution in [0.1, 0.15) is 25.0 Å². The van der Waals surface area contributed by atoms with Gasteiger partial charge < -0.3 is 5.32 Å². The summed E-state index contributed by atoms with van der Waals surface area (Å²) in [5.41, 5.74) is 1.02. The molecule has 2 N–H and O–H groups in total. The van der Waals surface area contributed by atoms with Crippen LogP contribution < -0.4 is 10.0 Å². The van der Waals surface area contributed by atoms with Gasteiger partial charge in [0.05, 0.1) is 15.3 Å². The molecule has 5 aromatic rings. The number of amides is 1. The summed E-state index contributed by atoms with van der Waals surface area (Å²) in [5.74, 6) is -0.976. The number of rotatable bonds is 7. The predicted octanol–water partition coefficient (Wildman–Crippen LogP) is 4.77. The van der Waals surface area contributed by atoms with Crippen LogP contribution in [0.3, 0.4) is 0 Å². The number of sulfonamides is 1. The Morgan fingerprint density at radius 1 is 1.00 bits per heavy atom. The average Bonchev–Trinajstić information content (AvgIpc) is 3.65. The van der Waals surface area contributed by atoms with Crippen molar-refractivity contribution in [3.05, 3.63) is 98.9 Å². The average molecular weight is 550 g/mol. The normalized spacial score (nSPS) is 12.0. The molecule has 0 saturated heterocycles. The van der Waals surface area contributed by atoms with Crippen LogP contribution in [0.15, 0.2) is 88.3 Å². The molecule has 5 rings (SSSR count). The SMILES string of the molecule is Cc1ccnc(NS(=O)(=O)c2cccc3c2ccn3C(=O)/C(=C/c2cccs2)NC(=O)c2cccs2)n1. The van der Waals surface area contributed by atoms with Crippen LogP contribution in [-0.4, -0.2) is 34.8 Å². The summed E-state index contributed by atoms with van der Waals surface area (Å²) >= 11 is 2.68. The standard InChI is InChI=1S/C25H19N5O4S3/c1-16-9-11-26-25(27-16)29-37(33,34)22-8-2-6-20-18(22)10-12-30(20)24(32)19(15-17-5-3-13-35-17)28-23(31)21-7-4-14-36-21/h2-15H,1H3,(H,28,31)(H,26,27,29)/b19-15-. The quantitative estimate of drug-likeness (QED) is 0.282. The molecule has 0 aliphatic heterocycles. The Morgan fingerprint density at radius 3 is 2.54 bits per heavy atom. The van der Waals surface area contributed by atoms with Crippen molar-refractivity contribution in [1.29, 1.82) is 0 Å². The van der Waals surface area contributed by atoms with Crippen molar-refractivity contribution in [3.8, 4) is 0 Å². The van der Waals surface area contributed by atoms with Crippen molar-refractivity contribution in [2.24, 2.45) is 0 Å². The van der Waals surface area contributed by atoms with E-state index in [1.807, 2.05) is 17.5 Å². The van der Waals surface area contributed by atoms with E-state index in [1.54, 1.807) is 54.8 Å². The first-order chi connectivity index (χ1) is 17.8. The maximum absolute atomic E-state index is 13.6. The summed E-state index contributed by atoms with van der Waals surface area (Å²) in [6.07, 6.45) is 4.54. The Kier molecular flexibility index (Phi) is 6.70. The van der Waals surface area contributed by atoms with Crippen molar-refractivity contribution >= 4 is 67.4 Å². The second kappa shape index (κ2) is 10.1. The monoisotopic (exact) mass is 549 g/mol. The molecular formula is C25H19N5O4S3. The summed E-state index contributed by atoms with van der Waals surface area (Å²) in [7, 11) is -4.06. The third-order valence-corrected chi connectivity index (χ3v) is 8.35. The zero-order chi connectivity index (χ0) is 26.0. The molecule has 0 saturated carbocycles. The molecule has 4 aromatic heterocycles. The molecule has 0 aliphatic rings. The minimum absolute atomic E-state index is 0.0342. The molecule has 12 heteroatoms. The molecule has 0 fully saturated rings. The number of aryl methyl sites for hydroxylation is 1. The first kappa shape index (κ1) is 24.6. The number of fused-ring (bicyclic) bond motifs is 1.